The molecule has 3 nitrogen and oxygen atoms in total. The van der Waals surface area contributed by atoms with E-state index in [1.165, 1.54) is 0 Å². The summed E-state index contributed by atoms with van der Waals surface area (Å²) in [5, 5.41) is 9.40. The van der Waals surface area contributed by atoms with Crippen LogP contribution in [0.4, 0.5) is 0 Å². The van der Waals surface area contributed by atoms with Crippen molar-refractivity contribution in [1.29, 1.82) is 0 Å². The van der Waals surface area contributed by atoms with E-state index in [4.69, 9.17) is 0 Å². The highest BCUT2D eigenvalue weighted by Gasteiger charge is 2.22. The fourth-order valence-electron chi connectivity index (χ4n) is 1.58. The predicted octanol–water partition coefficient (Wildman–Crippen LogP) is 0.738. The number of hydrogen-bond donors (Lipinski definition) is 1. The van der Waals surface area contributed by atoms with Crippen LogP contribution in [-0.4, -0.2) is 16.0 Å². The summed E-state index contributed by atoms with van der Waals surface area (Å²) < 4.78 is 1.92. The number of fused-ring (bicyclic) bond motifs is 1. The molecule has 11 heavy (non-hydrogen) atoms. The zero-order chi connectivity index (χ0) is 7.84. The molecule has 0 unspecified atom stereocenters. The van der Waals surface area contributed by atoms with Crippen LogP contribution in [0.3, 0.4) is 0 Å². The molecule has 1 aromatic rings. The van der Waals surface area contributed by atoms with E-state index in [-0.39, 0.29) is 0 Å². The molecule has 0 bridgehead atoms. The number of aliphatic hydroxyl groups is 1. The zero-order valence-electron chi connectivity index (χ0n) is 6.03. The third-order valence-electron chi connectivity index (χ3n) is 2.13. The predicted molar refractivity (Wildman–Crippen MR) is 39.4 cm³/mol. The van der Waals surface area contributed by atoms with Gasteiger partial charge < -0.3 is 9.67 Å². The maximum absolute atomic E-state index is 10.4. The number of aldehydes is 1. The van der Waals surface area contributed by atoms with Gasteiger partial charge in [0.15, 0.2) is 6.29 Å². The molecule has 1 aliphatic heterocycles. The van der Waals surface area contributed by atoms with Crippen LogP contribution >= 0.6 is 0 Å². The lowest BCUT2D eigenvalue weighted by Crippen LogP contribution is -1.95. The molecule has 1 aromatic heterocycles. The van der Waals surface area contributed by atoms with Gasteiger partial charge in [0.2, 0.25) is 0 Å². The Hall–Kier alpha value is -1.09. The molecule has 0 saturated carbocycles. The average Bonchev–Trinajstić information content (AvgIpc) is 2.54. The number of carbonyl (C=O) groups is 1. The van der Waals surface area contributed by atoms with Gasteiger partial charge in [0.05, 0.1) is 11.8 Å². The van der Waals surface area contributed by atoms with Gasteiger partial charge in [-0.15, -0.1) is 0 Å². The van der Waals surface area contributed by atoms with Gasteiger partial charge in [-0.3, -0.25) is 4.79 Å². The zero-order valence-corrected chi connectivity index (χ0v) is 6.03. The van der Waals surface area contributed by atoms with E-state index in [0.717, 1.165) is 24.9 Å². The lowest BCUT2D eigenvalue weighted by Gasteiger charge is -1.99. The highest BCUT2D eigenvalue weighted by molar-refractivity contribution is 5.77. The van der Waals surface area contributed by atoms with Gasteiger partial charge in [-0.1, -0.05) is 0 Å². The molecule has 1 atom stereocenters. The second kappa shape index (κ2) is 2.20. The maximum atomic E-state index is 10.4. The molecule has 0 spiro atoms. The topological polar surface area (TPSA) is 42.2 Å². The van der Waals surface area contributed by atoms with Crippen LogP contribution in [-0.2, 0) is 6.54 Å². The van der Waals surface area contributed by atoms with E-state index < -0.39 is 6.10 Å². The van der Waals surface area contributed by atoms with Gasteiger partial charge in [-0.05, 0) is 12.5 Å². The molecule has 1 N–H and O–H groups in total. The second-order valence-corrected chi connectivity index (χ2v) is 2.77. The normalized spacial score (nSPS) is 21.7. The molecule has 2 heterocycles. The summed E-state index contributed by atoms with van der Waals surface area (Å²) in [4.78, 5) is 10.4. The summed E-state index contributed by atoms with van der Waals surface area (Å²) in [6.07, 6.45) is 2.93. The third-order valence-corrected chi connectivity index (χ3v) is 2.13. The molecule has 0 amide bonds. The van der Waals surface area contributed by atoms with Gasteiger partial charge >= 0.3 is 0 Å². The minimum atomic E-state index is -0.440. The standard InChI is InChI=1S/C8H9NO2/c10-5-6-1-3-9-4-2-7(11)8(6)9/h1,3,5,7,11H,2,4H2/t7-/m1/s1. The number of carbonyl (C=O) groups excluding carboxylic acids is 1. The molecule has 0 aliphatic carbocycles. The van der Waals surface area contributed by atoms with Crippen molar-refractivity contribution in [2.45, 2.75) is 19.1 Å². The van der Waals surface area contributed by atoms with Crippen LogP contribution in [0, 0.1) is 0 Å². The molecule has 0 fully saturated rings. The number of nitrogens with zero attached hydrogens (tertiary/aromatic N) is 1. The van der Waals surface area contributed by atoms with Gasteiger partial charge in [0.1, 0.15) is 0 Å². The highest BCUT2D eigenvalue weighted by atomic mass is 16.3. The Labute approximate surface area is 64.3 Å². The Morgan fingerprint density at radius 3 is 3.27 bits per heavy atom. The van der Waals surface area contributed by atoms with Crippen LogP contribution in [0.15, 0.2) is 12.3 Å². The van der Waals surface area contributed by atoms with E-state index in [0.29, 0.717) is 5.56 Å². The lowest BCUT2D eigenvalue weighted by molar-refractivity contribution is 0.111. The molecule has 1 aliphatic rings. The van der Waals surface area contributed by atoms with Crippen LogP contribution < -0.4 is 0 Å². The highest BCUT2D eigenvalue weighted by Crippen LogP contribution is 2.28. The Bertz CT molecular complexity index is 290. The SMILES string of the molecule is O=Cc1ccn2c1[C@H](O)CC2. The Kier molecular flexibility index (Phi) is 1.32. The van der Waals surface area contributed by atoms with Crippen molar-refractivity contribution < 1.29 is 9.90 Å². The molecule has 2 rings (SSSR count). The van der Waals surface area contributed by atoms with Gasteiger partial charge in [-0.2, -0.15) is 0 Å². The summed E-state index contributed by atoms with van der Waals surface area (Å²) in [7, 11) is 0. The number of aromatic nitrogens is 1. The first-order chi connectivity index (χ1) is 5.33. The monoisotopic (exact) mass is 151 g/mol. The summed E-state index contributed by atoms with van der Waals surface area (Å²) in [5.41, 5.74) is 1.40. The van der Waals surface area contributed by atoms with Crippen molar-refractivity contribution in [1.82, 2.24) is 4.57 Å². The Morgan fingerprint density at radius 2 is 2.55 bits per heavy atom. The Morgan fingerprint density at radius 1 is 1.73 bits per heavy atom. The molecule has 0 aromatic carbocycles. The smallest absolute Gasteiger partial charge is 0.151 e. The fourth-order valence-corrected chi connectivity index (χ4v) is 1.58. The van der Waals surface area contributed by atoms with Crippen molar-refractivity contribution in [2.75, 3.05) is 0 Å². The van der Waals surface area contributed by atoms with Crippen LogP contribution in [0.5, 0.6) is 0 Å². The van der Waals surface area contributed by atoms with E-state index in [1.807, 2.05) is 10.8 Å². The maximum Gasteiger partial charge on any atom is 0.151 e. The van der Waals surface area contributed by atoms with Crippen molar-refractivity contribution in [2.24, 2.45) is 0 Å². The average molecular weight is 151 g/mol. The molecule has 3 heteroatoms. The first-order valence-corrected chi connectivity index (χ1v) is 3.65. The van der Waals surface area contributed by atoms with Gasteiger partial charge in [0, 0.05) is 18.3 Å². The lowest BCUT2D eigenvalue weighted by atomic mass is 10.1. The summed E-state index contributed by atoms with van der Waals surface area (Å²) >= 11 is 0. The van der Waals surface area contributed by atoms with Crippen LogP contribution in [0.25, 0.3) is 0 Å². The summed E-state index contributed by atoms with van der Waals surface area (Å²) in [6.45, 7) is 0.824. The largest absolute Gasteiger partial charge is 0.387 e. The molecular formula is C8H9NO2. The Balaban J connectivity index is 2.54. The van der Waals surface area contributed by atoms with Crippen molar-refractivity contribution in [3.05, 3.63) is 23.5 Å². The molecule has 58 valence electrons. The number of rotatable bonds is 1. The number of aliphatic hydroxyl groups excluding tert-OH is 1. The molecular weight excluding hydrogens is 142 g/mol. The summed E-state index contributed by atoms with van der Waals surface area (Å²) in [5.74, 6) is 0. The first kappa shape index (κ1) is 6.61. The van der Waals surface area contributed by atoms with E-state index >= 15 is 0 Å². The van der Waals surface area contributed by atoms with E-state index in [2.05, 4.69) is 0 Å². The fraction of sp³-hybridized carbons (Fsp3) is 0.375. The first-order valence-electron chi connectivity index (χ1n) is 3.65. The second-order valence-electron chi connectivity index (χ2n) is 2.77. The van der Waals surface area contributed by atoms with Crippen LogP contribution in [0.2, 0.25) is 0 Å². The van der Waals surface area contributed by atoms with Crippen molar-refractivity contribution in [3.63, 3.8) is 0 Å². The van der Waals surface area contributed by atoms with E-state index in [1.54, 1.807) is 6.07 Å². The summed E-state index contributed by atoms with van der Waals surface area (Å²) in [6, 6.07) is 1.74. The van der Waals surface area contributed by atoms with Gasteiger partial charge in [-0.25, -0.2) is 0 Å². The minimum Gasteiger partial charge on any atom is -0.387 e. The molecule has 0 radical (unpaired) electrons. The third kappa shape index (κ3) is 0.811. The van der Waals surface area contributed by atoms with Crippen molar-refractivity contribution >= 4 is 6.29 Å². The number of hydrogen-bond acceptors (Lipinski definition) is 2. The van der Waals surface area contributed by atoms with Crippen molar-refractivity contribution in [3.8, 4) is 0 Å². The number of aryl methyl sites for hydroxylation is 1. The van der Waals surface area contributed by atoms with Gasteiger partial charge in [0.25, 0.3) is 0 Å². The minimum absolute atomic E-state index is 0.440. The van der Waals surface area contributed by atoms with Crippen LogP contribution in [0.1, 0.15) is 28.6 Å². The molecule has 0 saturated heterocycles. The van der Waals surface area contributed by atoms with E-state index in [9.17, 15) is 9.90 Å². The quantitative estimate of drug-likeness (QED) is 0.601.